The Kier molecular flexibility index (Phi) is 5.80. The molecule has 0 amide bonds. The van der Waals surface area contributed by atoms with E-state index in [0.29, 0.717) is 11.3 Å². The summed E-state index contributed by atoms with van der Waals surface area (Å²) in [6.07, 6.45) is 0.610. The van der Waals surface area contributed by atoms with E-state index in [2.05, 4.69) is 4.72 Å². The molecule has 5 heteroatoms. The van der Waals surface area contributed by atoms with E-state index in [1.807, 2.05) is 70.2 Å². The van der Waals surface area contributed by atoms with Gasteiger partial charge in [-0.2, -0.15) is 0 Å². The number of rotatable bonds is 6. The summed E-state index contributed by atoms with van der Waals surface area (Å²) in [5.41, 5.74) is 9.79. The van der Waals surface area contributed by atoms with Gasteiger partial charge in [0.1, 0.15) is 0 Å². The number of sulfonamides is 1. The number of hydrogen-bond acceptors (Lipinski definition) is 3. The Morgan fingerprint density at radius 3 is 2.08 bits per heavy atom. The molecule has 2 aromatic carbocycles. The summed E-state index contributed by atoms with van der Waals surface area (Å²) in [4.78, 5) is 0.354. The van der Waals surface area contributed by atoms with Crippen LogP contribution in [0, 0.1) is 20.8 Å². The highest BCUT2D eigenvalue weighted by Crippen LogP contribution is 2.24. The summed E-state index contributed by atoms with van der Waals surface area (Å²) in [7, 11) is -3.63. The third-order valence-corrected chi connectivity index (χ3v) is 6.03. The van der Waals surface area contributed by atoms with Crippen LogP contribution in [0.15, 0.2) is 47.4 Å². The normalized spacial score (nSPS) is 14.4. The lowest BCUT2D eigenvalue weighted by Gasteiger charge is -2.25. The summed E-state index contributed by atoms with van der Waals surface area (Å²) in [5.74, 6) is 0. The van der Waals surface area contributed by atoms with Gasteiger partial charge in [-0.15, -0.1) is 0 Å². The lowest BCUT2D eigenvalue weighted by Crippen LogP contribution is -2.42. The second-order valence-electron chi connectivity index (χ2n) is 6.30. The highest BCUT2D eigenvalue weighted by molar-refractivity contribution is 7.89. The van der Waals surface area contributed by atoms with Crippen molar-refractivity contribution >= 4 is 10.0 Å². The summed E-state index contributed by atoms with van der Waals surface area (Å²) in [6, 6.07) is 12.6. The fraction of sp³-hybridized carbons (Fsp3) is 0.368. The summed E-state index contributed by atoms with van der Waals surface area (Å²) >= 11 is 0. The van der Waals surface area contributed by atoms with E-state index in [4.69, 9.17) is 5.73 Å². The lowest BCUT2D eigenvalue weighted by molar-refractivity contribution is 0.476. The van der Waals surface area contributed by atoms with E-state index in [1.54, 1.807) is 0 Å². The van der Waals surface area contributed by atoms with Gasteiger partial charge < -0.3 is 5.73 Å². The standard InChI is InChI=1S/C19H26N2O2S/c1-5-17(18(20)16-9-7-6-8-10-16)21-24(22,23)19-14(3)11-13(2)12-15(19)4/h6-12,17-18,21H,5,20H2,1-4H3. The van der Waals surface area contributed by atoms with Crippen LogP contribution in [0.3, 0.4) is 0 Å². The lowest BCUT2D eigenvalue weighted by atomic mass is 9.99. The van der Waals surface area contributed by atoms with Crippen LogP contribution in [0.25, 0.3) is 0 Å². The second kappa shape index (κ2) is 7.47. The van der Waals surface area contributed by atoms with Crippen molar-refractivity contribution < 1.29 is 8.42 Å². The van der Waals surface area contributed by atoms with Gasteiger partial charge in [0.25, 0.3) is 0 Å². The van der Waals surface area contributed by atoms with Crippen molar-refractivity contribution in [2.24, 2.45) is 5.73 Å². The van der Waals surface area contributed by atoms with Crippen LogP contribution in [0.5, 0.6) is 0 Å². The van der Waals surface area contributed by atoms with Gasteiger partial charge in [0.05, 0.1) is 4.90 Å². The Morgan fingerprint density at radius 1 is 1.04 bits per heavy atom. The first-order valence-corrected chi connectivity index (χ1v) is 9.65. The van der Waals surface area contributed by atoms with Crippen LogP contribution >= 0.6 is 0 Å². The van der Waals surface area contributed by atoms with E-state index in [9.17, 15) is 8.42 Å². The van der Waals surface area contributed by atoms with Crippen LogP contribution in [0.1, 0.15) is 41.6 Å². The monoisotopic (exact) mass is 346 g/mol. The molecule has 0 aliphatic carbocycles. The van der Waals surface area contributed by atoms with Crippen molar-refractivity contribution in [1.82, 2.24) is 4.72 Å². The van der Waals surface area contributed by atoms with Crippen molar-refractivity contribution in [2.45, 2.75) is 51.1 Å². The molecule has 24 heavy (non-hydrogen) atoms. The van der Waals surface area contributed by atoms with Crippen molar-refractivity contribution in [3.63, 3.8) is 0 Å². The van der Waals surface area contributed by atoms with Crippen molar-refractivity contribution in [3.8, 4) is 0 Å². The van der Waals surface area contributed by atoms with Crippen LogP contribution < -0.4 is 10.5 Å². The predicted molar refractivity (Wildman–Crippen MR) is 98.4 cm³/mol. The average molecular weight is 346 g/mol. The van der Waals surface area contributed by atoms with E-state index >= 15 is 0 Å². The maximum absolute atomic E-state index is 12.9. The van der Waals surface area contributed by atoms with E-state index in [0.717, 1.165) is 22.3 Å². The summed E-state index contributed by atoms with van der Waals surface area (Å²) < 4.78 is 28.7. The van der Waals surface area contributed by atoms with E-state index in [1.165, 1.54) is 0 Å². The first-order valence-electron chi connectivity index (χ1n) is 8.17. The first-order chi connectivity index (χ1) is 11.3. The molecule has 2 atom stereocenters. The molecule has 0 aromatic heterocycles. The molecular weight excluding hydrogens is 320 g/mol. The molecule has 3 N–H and O–H groups in total. The second-order valence-corrected chi connectivity index (χ2v) is 7.95. The highest BCUT2D eigenvalue weighted by Gasteiger charge is 2.27. The zero-order valence-electron chi connectivity index (χ0n) is 14.7. The number of nitrogens with one attached hydrogen (secondary N) is 1. The van der Waals surface area contributed by atoms with Gasteiger partial charge >= 0.3 is 0 Å². The highest BCUT2D eigenvalue weighted by atomic mass is 32.2. The van der Waals surface area contributed by atoms with Gasteiger partial charge in [-0.1, -0.05) is 55.0 Å². The molecule has 0 fully saturated rings. The molecule has 2 aromatic rings. The predicted octanol–water partition coefficient (Wildman–Crippen LogP) is 3.37. The molecule has 0 spiro atoms. The molecule has 0 aliphatic rings. The molecule has 2 unspecified atom stereocenters. The van der Waals surface area contributed by atoms with Gasteiger partial charge in [0.2, 0.25) is 10.0 Å². The van der Waals surface area contributed by atoms with Crippen molar-refractivity contribution in [1.29, 1.82) is 0 Å². The molecule has 4 nitrogen and oxygen atoms in total. The van der Waals surface area contributed by atoms with E-state index < -0.39 is 16.1 Å². The number of hydrogen-bond donors (Lipinski definition) is 2. The first kappa shape index (κ1) is 18.6. The Labute approximate surface area is 145 Å². The molecule has 130 valence electrons. The van der Waals surface area contributed by atoms with Crippen molar-refractivity contribution in [3.05, 3.63) is 64.7 Å². The SMILES string of the molecule is CCC(NS(=O)(=O)c1c(C)cc(C)cc1C)C(N)c1ccccc1. The Balaban J connectivity index is 2.33. The van der Waals surface area contributed by atoms with Gasteiger partial charge in [0, 0.05) is 12.1 Å². The van der Waals surface area contributed by atoms with Crippen LogP contribution in [-0.4, -0.2) is 14.5 Å². The van der Waals surface area contributed by atoms with Crippen LogP contribution in [-0.2, 0) is 10.0 Å². The number of nitrogens with two attached hydrogens (primary N) is 1. The minimum absolute atomic E-state index is 0.354. The maximum Gasteiger partial charge on any atom is 0.241 e. The summed E-state index contributed by atoms with van der Waals surface area (Å²) in [5, 5.41) is 0. The van der Waals surface area contributed by atoms with Gasteiger partial charge in [-0.3, -0.25) is 0 Å². The molecular formula is C19H26N2O2S. The fourth-order valence-corrected chi connectivity index (χ4v) is 4.96. The van der Waals surface area contributed by atoms with Gasteiger partial charge in [0.15, 0.2) is 0 Å². The fourth-order valence-electron chi connectivity index (χ4n) is 3.17. The zero-order valence-corrected chi connectivity index (χ0v) is 15.5. The molecule has 0 saturated carbocycles. The minimum Gasteiger partial charge on any atom is -0.323 e. The Hall–Kier alpha value is -1.69. The third-order valence-electron chi connectivity index (χ3n) is 4.24. The Bertz CT molecular complexity index is 778. The quantitative estimate of drug-likeness (QED) is 0.842. The average Bonchev–Trinajstić information content (AvgIpc) is 2.51. The Morgan fingerprint density at radius 2 is 1.58 bits per heavy atom. The molecule has 0 bridgehead atoms. The van der Waals surface area contributed by atoms with Crippen LogP contribution in [0.4, 0.5) is 0 Å². The molecule has 0 heterocycles. The maximum atomic E-state index is 12.9. The molecule has 2 rings (SSSR count). The number of aryl methyl sites for hydroxylation is 3. The number of benzene rings is 2. The molecule has 0 aliphatic heterocycles. The third kappa shape index (κ3) is 4.04. The topological polar surface area (TPSA) is 72.2 Å². The minimum atomic E-state index is -3.63. The summed E-state index contributed by atoms with van der Waals surface area (Å²) in [6.45, 7) is 7.55. The largest absolute Gasteiger partial charge is 0.323 e. The van der Waals surface area contributed by atoms with Crippen LogP contribution in [0.2, 0.25) is 0 Å². The van der Waals surface area contributed by atoms with E-state index in [-0.39, 0.29) is 6.04 Å². The van der Waals surface area contributed by atoms with Gasteiger partial charge in [-0.05, 0) is 43.9 Å². The van der Waals surface area contributed by atoms with Crippen molar-refractivity contribution in [2.75, 3.05) is 0 Å². The molecule has 0 saturated heterocycles. The van der Waals surface area contributed by atoms with Gasteiger partial charge in [-0.25, -0.2) is 13.1 Å². The zero-order chi connectivity index (χ0) is 17.9. The smallest absolute Gasteiger partial charge is 0.241 e. The molecule has 0 radical (unpaired) electrons.